The summed E-state index contributed by atoms with van der Waals surface area (Å²) in [6.45, 7) is 2.24. The van der Waals surface area contributed by atoms with Crippen LogP contribution in [-0.4, -0.2) is 64.2 Å². The molecule has 1 aliphatic rings. The molecule has 10 nitrogen and oxygen atoms in total. The van der Waals surface area contributed by atoms with Crippen LogP contribution < -0.4 is 19.7 Å². The van der Waals surface area contributed by atoms with E-state index in [-0.39, 0.29) is 42.1 Å². The molecule has 2 amide bonds. The summed E-state index contributed by atoms with van der Waals surface area (Å²) in [7, 11) is 1.57. The van der Waals surface area contributed by atoms with Crippen LogP contribution in [0.5, 0.6) is 17.2 Å². The first kappa shape index (κ1) is 29.3. The van der Waals surface area contributed by atoms with Gasteiger partial charge in [0.15, 0.2) is 0 Å². The van der Waals surface area contributed by atoms with Crippen molar-refractivity contribution >= 4 is 56.6 Å². The van der Waals surface area contributed by atoms with Gasteiger partial charge in [-0.25, -0.2) is 4.98 Å². The number of aromatic nitrogens is 2. The fourth-order valence-electron chi connectivity index (χ4n) is 5.68. The van der Waals surface area contributed by atoms with Crippen molar-refractivity contribution in [2.75, 3.05) is 36.4 Å². The van der Waals surface area contributed by atoms with Gasteiger partial charge in [-0.05, 0) is 55.0 Å². The smallest absolute Gasteiger partial charge is 0.274 e. The van der Waals surface area contributed by atoms with E-state index in [4.69, 9.17) is 26.2 Å². The summed E-state index contributed by atoms with van der Waals surface area (Å²) in [4.78, 5) is 35.8. The molecule has 2 unspecified atom stereocenters. The molecular formula is C33H31ClN4O6. The van der Waals surface area contributed by atoms with E-state index < -0.39 is 0 Å². The number of nitrogens with one attached hydrogen (secondary N) is 2. The summed E-state index contributed by atoms with van der Waals surface area (Å²) in [5, 5.41) is 24.8. The van der Waals surface area contributed by atoms with Crippen LogP contribution in [-0.2, 0) is 0 Å². The van der Waals surface area contributed by atoms with Gasteiger partial charge in [0.1, 0.15) is 28.8 Å². The topological polar surface area (TPSA) is 137 Å². The van der Waals surface area contributed by atoms with Crippen molar-refractivity contribution in [2.45, 2.75) is 25.4 Å². The molecule has 1 aliphatic heterocycles. The predicted molar refractivity (Wildman–Crippen MR) is 170 cm³/mol. The maximum atomic E-state index is 13.8. The summed E-state index contributed by atoms with van der Waals surface area (Å²) in [6.07, 6.45) is 1.93. The van der Waals surface area contributed by atoms with E-state index in [9.17, 15) is 14.7 Å². The summed E-state index contributed by atoms with van der Waals surface area (Å²) < 4.78 is 11.3. The number of rotatable bonds is 9. The van der Waals surface area contributed by atoms with E-state index in [0.717, 1.165) is 10.9 Å². The monoisotopic (exact) mass is 614 g/mol. The number of aromatic amines is 1. The van der Waals surface area contributed by atoms with Gasteiger partial charge >= 0.3 is 0 Å². The zero-order chi connectivity index (χ0) is 31.0. The average Bonchev–Trinajstić information content (AvgIpc) is 3.62. The van der Waals surface area contributed by atoms with Crippen LogP contribution in [0.25, 0.3) is 21.7 Å². The number of H-pyrrole nitrogens is 1. The number of anilines is 2. The molecule has 4 N–H and O–H groups in total. The normalized spacial score (nSPS) is 14.9. The molecule has 0 fully saturated rings. The number of phenols is 1. The molecule has 11 heteroatoms. The molecule has 2 atom stereocenters. The van der Waals surface area contributed by atoms with Gasteiger partial charge in [-0.15, -0.1) is 11.6 Å². The highest BCUT2D eigenvalue weighted by Crippen LogP contribution is 2.48. The Bertz CT molecular complexity index is 1870. The molecule has 0 bridgehead atoms. The number of halogens is 1. The molecular weight excluding hydrogens is 584 g/mol. The van der Waals surface area contributed by atoms with Crippen LogP contribution in [0.15, 0.2) is 66.9 Å². The number of carbonyl (C=O) groups excluding carboxylic acids is 2. The summed E-state index contributed by atoms with van der Waals surface area (Å²) in [6, 6.07) is 17.2. The zero-order valence-corrected chi connectivity index (χ0v) is 24.9. The number of carbonyl (C=O) groups is 2. The lowest BCUT2D eigenvalue weighted by molar-refractivity contribution is 0.0983. The number of fused-ring (bicyclic) bond motifs is 4. The fourth-order valence-corrected chi connectivity index (χ4v) is 5.93. The van der Waals surface area contributed by atoms with Gasteiger partial charge < -0.3 is 34.9 Å². The highest BCUT2D eigenvalue weighted by molar-refractivity contribution is 6.19. The molecule has 3 heterocycles. The van der Waals surface area contributed by atoms with Crippen molar-refractivity contribution in [1.29, 1.82) is 0 Å². The third-order valence-corrected chi connectivity index (χ3v) is 8.21. The van der Waals surface area contributed by atoms with Crippen LogP contribution in [0.4, 0.5) is 11.5 Å². The molecule has 2 aromatic heterocycles. The largest absolute Gasteiger partial charge is 0.507 e. The number of nitrogens with zero attached hydrogens (tertiary/aromatic N) is 2. The van der Waals surface area contributed by atoms with Gasteiger partial charge in [-0.3, -0.25) is 9.59 Å². The van der Waals surface area contributed by atoms with Gasteiger partial charge in [0, 0.05) is 59.2 Å². The van der Waals surface area contributed by atoms with E-state index >= 15 is 0 Å². The number of hydrogen-bond acceptors (Lipinski definition) is 7. The van der Waals surface area contributed by atoms with Crippen LogP contribution in [0.1, 0.15) is 45.7 Å². The molecule has 5 aromatic rings. The Hall–Kier alpha value is -4.80. The van der Waals surface area contributed by atoms with Gasteiger partial charge in [-0.1, -0.05) is 12.1 Å². The van der Waals surface area contributed by atoms with Crippen LogP contribution in [0, 0.1) is 0 Å². The van der Waals surface area contributed by atoms with E-state index in [1.54, 1.807) is 60.7 Å². The Morgan fingerprint density at radius 1 is 1.18 bits per heavy atom. The third-order valence-electron chi connectivity index (χ3n) is 7.84. The third kappa shape index (κ3) is 5.38. The molecule has 0 aliphatic carbocycles. The van der Waals surface area contributed by atoms with E-state index in [1.165, 1.54) is 0 Å². The quantitative estimate of drug-likeness (QED) is 0.154. The predicted octanol–water partition coefficient (Wildman–Crippen LogP) is 5.82. The number of alkyl halides is 1. The Balaban J connectivity index is 1.24. The van der Waals surface area contributed by atoms with Gasteiger partial charge in [-0.2, -0.15) is 0 Å². The summed E-state index contributed by atoms with van der Waals surface area (Å²) >= 11 is 6.39. The number of phenolic OH excluding ortho intramolecular Hbond substituents is 1. The molecule has 0 spiro atoms. The van der Waals surface area contributed by atoms with Crippen LogP contribution in [0.2, 0.25) is 0 Å². The Morgan fingerprint density at radius 3 is 2.70 bits per heavy atom. The number of ether oxygens (including phenoxy) is 2. The number of hydrogen-bond donors (Lipinski definition) is 4. The Labute approximate surface area is 258 Å². The second-order valence-electron chi connectivity index (χ2n) is 10.7. The maximum absolute atomic E-state index is 13.8. The van der Waals surface area contributed by atoms with E-state index in [1.807, 2.05) is 25.1 Å². The second-order valence-corrected chi connectivity index (χ2v) is 11.0. The lowest BCUT2D eigenvalue weighted by atomic mass is 9.94. The highest BCUT2D eigenvalue weighted by atomic mass is 35.5. The number of methoxy groups -OCH3 is 1. The van der Waals surface area contributed by atoms with Crippen molar-refractivity contribution in [2.24, 2.45) is 0 Å². The molecule has 0 saturated carbocycles. The lowest BCUT2D eigenvalue weighted by Crippen LogP contribution is -2.30. The average molecular weight is 615 g/mol. The first-order valence-electron chi connectivity index (χ1n) is 14.2. The van der Waals surface area contributed by atoms with Crippen LogP contribution >= 0.6 is 11.6 Å². The minimum atomic E-state index is -0.345. The van der Waals surface area contributed by atoms with Crippen molar-refractivity contribution in [3.05, 3.63) is 83.7 Å². The zero-order valence-electron chi connectivity index (χ0n) is 24.1. The van der Waals surface area contributed by atoms with Crippen molar-refractivity contribution in [3.63, 3.8) is 0 Å². The number of aliphatic hydroxyl groups is 1. The molecule has 226 valence electrons. The summed E-state index contributed by atoms with van der Waals surface area (Å²) in [5.41, 5.74) is 2.83. The molecule has 6 rings (SSSR count). The first-order chi connectivity index (χ1) is 21.3. The minimum absolute atomic E-state index is 0.0358. The van der Waals surface area contributed by atoms with Gasteiger partial charge in [0.25, 0.3) is 11.8 Å². The number of pyridine rings is 1. The minimum Gasteiger partial charge on any atom is -0.507 e. The van der Waals surface area contributed by atoms with E-state index in [2.05, 4.69) is 15.3 Å². The van der Waals surface area contributed by atoms with Crippen molar-refractivity contribution in [3.8, 4) is 17.2 Å². The first-order valence-corrected chi connectivity index (χ1v) is 14.7. The highest BCUT2D eigenvalue weighted by Gasteiger charge is 2.36. The lowest BCUT2D eigenvalue weighted by Gasteiger charge is -2.18. The number of aliphatic hydroxyl groups excluding tert-OH is 1. The van der Waals surface area contributed by atoms with E-state index in [0.29, 0.717) is 63.5 Å². The van der Waals surface area contributed by atoms with Crippen LogP contribution in [0.3, 0.4) is 0 Å². The fraction of sp³-hybridized carbons (Fsp3) is 0.242. The van der Waals surface area contributed by atoms with Crippen molar-refractivity contribution < 1.29 is 29.3 Å². The van der Waals surface area contributed by atoms with Gasteiger partial charge in [0.2, 0.25) is 0 Å². The Kier molecular flexibility index (Phi) is 8.03. The van der Waals surface area contributed by atoms with Crippen molar-refractivity contribution in [1.82, 2.24) is 9.97 Å². The Morgan fingerprint density at radius 2 is 1.98 bits per heavy atom. The molecule has 0 saturated heterocycles. The second kappa shape index (κ2) is 12.1. The number of aromatic hydroxyl groups is 1. The maximum Gasteiger partial charge on any atom is 0.274 e. The molecule has 3 aromatic carbocycles. The molecule has 44 heavy (non-hydrogen) atoms. The summed E-state index contributed by atoms with van der Waals surface area (Å²) in [5.74, 6) is 1.07. The van der Waals surface area contributed by atoms with Gasteiger partial charge in [0.05, 0.1) is 30.6 Å². The SMILES string of the molecule is COc1cccc2c(O)cc3c(c12)C(CCl)CN3C(=O)c1cc2cc(NC(=O)c3ccc(OC(C)CCO)cc3)ncc2[nH]1. The number of amides is 2. The standard InChI is InChI=1S/C33H31ClN4O6/c1-18(10-11-39)44-22-8-6-19(7-9-22)32(41)37-29-13-20-12-24(36-25(20)16-35-29)33(42)38-17-21(15-34)30-26(38)14-27(40)23-4-3-5-28(43-2)31(23)30/h3-9,12-14,16,18,21,36,39-40H,10-11,15,17H2,1-2H3,(H,35,37,41). The molecule has 0 radical (unpaired) electrons. The number of benzene rings is 3.